The third-order valence-electron chi connectivity index (χ3n) is 4.12. The van der Waals surface area contributed by atoms with Gasteiger partial charge in [-0.1, -0.05) is 26.0 Å². The molecule has 6 heteroatoms. The summed E-state index contributed by atoms with van der Waals surface area (Å²) in [4.78, 5) is 49.5. The number of carbonyl (C=O) groups excluding carboxylic acids is 4. The van der Waals surface area contributed by atoms with Gasteiger partial charge in [0.15, 0.2) is 0 Å². The molecule has 3 rings (SSSR count). The second-order valence-electron chi connectivity index (χ2n) is 5.87. The maximum atomic E-state index is 12.7. The zero-order chi connectivity index (χ0) is 16.0. The highest BCUT2D eigenvalue weighted by atomic mass is 16.2. The van der Waals surface area contributed by atoms with Crippen LogP contribution in [0.25, 0.3) is 0 Å². The molecule has 2 aliphatic rings. The summed E-state index contributed by atoms with van der Waals surface area (Å²) in [6, 6.07) is 4.26. The van der Waals surface area contributed by atoms with E-state index >= 15 is 0 Å². The van der Waals surface area contributed by atoms with Crippen LogP contribution in [0.1, 0.15) is 58.9 Å². The van der Waals surface area contributed by atoms with Crippen molar-refractivity contribution in [2.24, 2.45) is 0 Å². The number of imide groups is 2. The number of hydrogen-bond acceptors (Lipinski definition) is 4. The van der Waals surface area contributed by atoms with Gasteiger partial charge in [0.2, 0.25) is 11.8 Å². The fraction of sp³-hybridized carbons (Fsp3) is 0.375. The topological polar surface area (TPSA) is 83.6 Å². The summed E-state index contributed by atoms with van der Waals surface area (Å²) in [7, 11) is 0. The van der Waals surface area contributed by atoms with Crippen LogP contribution in [-0.4, -0.2) is 34.6 Å². The molecular formula is C16H16N2O4. The summed E-state index contributed by atoms with van der Waals surface area (Å²) < 4.78 is 0. The van der Waals surface area contributed by atoms with Gasteiger partial charge in [-0.15, -0.1) is 0 Å². The lowest BCUT2D eigenvalue weighted by Crippen LogP contribution is -2.54. The Morgan fingerprint density at radius 1 is 1.14 bits per heavy atom. The lowest BCUT2D eigenvalue weighted by atomic mass is 9.94. The lowest BCUT2D eigenvalue weighted by molar-refractivity contribution is -0.136. The predicted molar refractivity (Wildman–Crippen MR) is 77.2 cm³/mol. The number of nitrogens with one attached hydrogen (secondary N) is 1. The Hall–Kier alpha value is -2.50. The van der Waals surface area contributed by atoms with Crippen molar-refractivity contribution >= 4 is 23.6 Å². The number of rotatable bonds is 2. The molecule has 0 bridgehead atoms. The number of nitrogens with zero attached hydrogens (tertiary/aromatic N) is 1. The van der Waals surface area contributed by atoms with Crippen molar-refractivity contribution in [2.75, 3.05) is 0 Å². The average molecular weight is 300 g/mol. The molecule has 2 aliphatic heterocycles. The van der Waals surface area contributed by atoms with Crippen LogP contribution in [0.5, 0.6) is 0 Å². The van der Waals surface area contributed by atoms with E-state index in [1.807, 2.05) is 19.9 Å². The van der Waals surface area contributed by atoms with Gasteiger partial charge in [-0.05, 0) is 24.0 Å². The van der Waals surface area contributed by atoms with Crippen molar-refractivity contribution in [1.82, 2.24) is 10.2 Å². The fourth-order valence-electron chi connectivity index (χ4n) is 3.02. The first-order chi connectivity index (χ1) is 10.4. The highest BCUT2D eigenvalue weighted by Gasteiger charge is 2.45. The Morgan fingerprint density at radius 2 is 1.86 bits per heavy atom. The second-order valence-corrected chi connectivity index (χ2v) is 5.87. The molecule has 1 fully saturated rings. The van der Waals surface area contributed by atoms with E-state index in [9.17, 15) is 19.2 Å². The summed E-state index contributed by atoms with van der Waals surface area (Å²) in [6.07, 6.45) is 0.300. The van der Waals surface area contributed by atoms with E-state index in [1.165, 1.54) is 0 Å². The normalized spacial score (nSPS) is 21.4. The largest absolute Gasteiger partial charge is 0.295 e. The van der Waals surface area contributed by atoms with E-state index in [4.69, 9.17) is 0 Å². The van der Waals surface area contributed by atoms with Gasteiger partial charge in [0, 0.05) is 6.42 Å². The van der Waals surface area contributed by atoms with E-state index in [0.29, 0.717) is 11.1 Å². The molecule has 0 radical (unpaired) electrons. The predicted octanol–water partition coefficient (Wildman–Crippen LogP) is 1.21. The van der Waals surface area contributed by atoms with Crippen molar-refractivity contribution in [3.8, 4) is 0 Å². The van der Waals surface area contributed by atoms with Gasteiger partial charge in [-0.25, -0.2) is 0 Å². The quantitative estimate of drug-likeness (QED) is 0.832. The smallest absolute Gasteiger partial charge is 0.262 e. The van der Waals surface area contributed by atoms with Crippen molar-refractivity contribution < 1.29 is 19.2 Å². The molecule has 1 atom stereocenters. The molecular weight excluding hydrogens is 284 g/mol. The maximum absolute atomic E-state index is 12.7. The molecule has 0 spiro atoms. The third-order valence-corrected chi connectivity index (χ3v) is 4.12. The molecule has 1 N–H and O–H groups in total. The minimum Gasteiger partial charge on any atom is -0.295 e. The fourth-order valence-corrected chi connectivity index (χ4v) is 3.02. The van der Waals surface area contributed by atoms with Gasteiger partial charge < -0.3 is 0 Å². The van der Waals surface area contributed by atoms with Crippen LogP contribution < -0.4 is 5.32 Å². The standard InChI is InChI=1S/C16H16N2O4/c1-8(2)9-4-3-5-10-13(9)16(22)18(15(10)21)11-6-7-12(19)17-14(11)20/h3-5,8,11H,6-7H2,1-2H3,(H,17,19,20)/t11-/m1/s1. The van der Waals surface area contributed by atoms with Gasteiger partial charge in [0.25, 0.3) is 11.8 Å². The molecule has 0 aromatic heterocycles. The van der Waals surface area contributed by atoms with Gasteiger partial charge in [0.1, 0.15) is 6.04 Å². The van der Waals surface area contributed by atoms with Gasteiger partial charge in [-0.2, -0.15) is 0 Å². The Labute approximate surface area is 127 Å². The van der Waals surface area contributed by atoms with Gasteiger partial charge >= 0.3 is 0 Å². The Morgan fingerprint density at radius 3 is 2.50 bits per heavy atom. The monoisotopic (exact) mass is 300 g/mol. The minimum atomic E-state index is -0.912. The Balaban J connectivity index is 2.02. The van der Waals surface area contributed by atoms with Crippen LogP contribution >= 0.6 is 0 Å². The zero-order valence-corrected chi connectivity index (χ0v) is 12.4. The van der Waals surface area contributed by atoms with E-state index in [1.54, 1.807) is 12.1 Å². The van der Waals surface area contributed by atoms with Crippen molar-refractivity contribution in [2.45, 2.75) is 38.6 Å². The first kappa shape index (κ1) is 14.4. The summed E-state index contributed by atoms with van der Waals surface area (Å²) in [5.74, 6) is -1.78. The maximum Gasteiger partial charge on any atom is 0.262 e. The number of fused-ring (bicyclic) bond motifs is 1. The van der Waals surface area contributed by atoms with Crippen LogP contribution in [-0.2, 0) is 9.59 Å². The molecule has 4 amide bonds. The summed E-state index contributed by atoms with van der Waals surface area (Å²) >= 11 is 0. The van der Waals surface area contributed by atoms with E-state index in [0.717, 1.165) is 10.5 Å². The summed E-state index contributed by atoms with van der Waals surface area (Å²) in [5.41, 5.74) is 1.51. The van der Waals surface area contributed by atoms with Crippen LogP contribution in [0.3, 0.4) is 0 Å². The number of amides is 4. The molecule has 2 heterocycles. The molecule has 0 unspecified atom stereocenters. The summed E-state index contributed by atoms with van der Waals surface area (Å²) in [6.45, 7) is 3.89. The zero-order valence-electron chi connectivity index (χ0n) is 12.4. The highest BCUT2D eigenvalue weighted by Crippen LogP contribution is 2.32. The Kier molecular flexibility index (Phi) is 3.31. The SMILES string of the molecule is CC(C)c1cccc2c1C(=O)N([C@@H]1CCC(=O)NC1=O)C2=O. The van der Waals surface area contributed by atoms with Crippen LogP contribution in [0.2, 0.25) is 0 Å². The van der Waals surface area contributed by atoms with Gasteiger partial charge in [-0.3, -0.25) is 29.4 Å². The van der Waals surface area contributed by atoms with Crippen molar-refractivity contribution in [3.05, 3.63) is 34.9 Å². The molecule has 0 saturated carbocycles. The number of piperidine rings is 1. The Bertz CT molecular complexity index is 708. The molecule has 1 aromatic carbocycles. The summed E-state index contributed by atoms with van der Waals surface area (Å²) in [5, 5.41) is 2.19. The minimum absolute atomic E-state index is 0.0911. The molecule has 6 nitrogen and oxygen atoms in total. The van der Waals surface area contributed by atoms with Crippen LogP contribution in [0, 0.1) is 0 Å². The number of carbonyl (C=O) groups is 4. The van der Waals surface area contributed by atoms with Crippen LogP contribution in [0.4, 0.5) is 0 Å². The van der Waals surface area contributed by atoms with Crippen molar-refractivity contribution in [3.63, 3.8) is 0 Å². The third kappa shape index (κ3) is 2.03. The molecule has 1 saturated heterocycles. The van der Waals surface area contributed by atoms with Crippen molar-refractivity contribution in [1.29, 1.82) is 0 Å². The molecule has 114 valence electrons. The molecule has 22 heavy (non-hydrogen) atoms. The highest BCUT2D eigenvalue weighted by molar-refractivity contribution is 6.24. The average Bonchev–Trinajstić information content (AvgIpc) is 2.72. The first-order valence-electron chi connectivity index (χ1n) is 7.26. The number of benzene rings is 1. The second kappa shape index (κ2) is 5.05. The number of hydrogen-bond donors (Lipinski definition) is 1. The van der Waals surface area contributed by atoms with Gasteiger partial charge in [0.05, 0.1) is 11.1 Å². The van der Waals surface area contributed by atoms with E-state index in [2.05, 4.69) is 5.32 Å². The van der Waals surface area contributed by atoms with E-state index in [-0.39, 0.29) is 24.7 Å². The first-order valence-corrected chi connectivity index (χ1v) is 7.26. The molecule has 1 aromatic rings. The lowest BCUT2D eigenvalue weighted by Gasteiger charge is -2.27. The van der Waals surface area contributed by atoms with Crippen LogP contribution in [0.15, 0.2) is 18.2 Å². The van der Waals surface area contributed by atoms with E-state index < -0.39 is 23.8 Å². The molecule has 0 aliphatic carbocycles.